The van der Waals surface area contributed by atoms with Crippen LogP contribution in [0.3, 0.4) is 0 Å². The Hall–Kier alpha value is -1.82. The maximum atomic E-state index is 12.7. The number of amides is 1. The van der Waals surface area contributed by atoms with Gasteiger partial charge in [-0.3, -0.25) is 4.90 Å². The van der Waals surface area contributed by atoms with Gasteiger partial charge in [0.25, 0.3) is 0 Å². The average molecular weight is 380 g/mol. The topological polar surface area (TPSA) is 66.2 Å². The quantitative estimate of drug-likeness (QED) is 0.778. The third-order valence-corrected chi connectivity index (χ3v) is 2.80. The molecule has 0 aliphatic rings. The highest BCUT2D eigenvalue weighted by molar-refractivity contribution is 9.10. The number of ether oxygens (including phenoxy) is 1. The first-order valence-corrected chi connectivity index (χ1v) is 6.85. The summed E-state index contributed by atoms with van der Waals surface area (Å²) in [6.45, 7) is 3.11. The number of carbonyl (C=O) groups excluding carboxylic acids is 1. The van der Waals surface area contributed by atoms with E-state index in [-0.39, 0.29) is 15.9 Å². The number of halogens is 4. The maximum Gasteiger partial charge on any atom is 0.415 e. The molecule has 0 saturated heterocycles. The summed E-state index contributed by atoms with van der Waals surface area (Å²) in [7, 11) is 0. The molecule has 1 amide bonds. The number of nitriles is 1. The van der Waals surface area contributed by atoms with Crippen molar-refractivity contribution in [2.45, 2.75) is 32.5 Å². The van der Waals surface area contributed by atoms with E-state index >= 15 is 0 Å². The normalized spacial score (nSPS) is 11.7. The van der Waals surface area contributed by atoms with Gasteiger partial charge in [-0.15, -0.1) is 0 Å². The molecule has 1 aromatic heterocycles. The van der Waals surface area contributed by atoms with Gasteiger partial charge in [0.15, 0.2) is 5.69 Å². The molecular weight excluding hydrogens is 367 g/mol. The minimum absolute atomic E-state index is 0.0000950. The second-order valence-corrected chi connectivity index (χ2v) is 6.17. The van der Waals surface area contributed by atoms with Crippen molar-refractivity contribution in [1.29, 1.82) is 5.26 Å². The first-order chi connectivity index (χ1) is 9.93. The second-order valence-electron chi connectivity index (χ2n) is 5.32. The summed E-state index contributed by atoms with van der Waals surface area (Å²) < 4.78 is 43.2. The Morgan fingerprint density at radius 1 is 1.45 bits per heavy atom. The van der Waals surface area contributed by atoms with Crippen LogP contribution in [-0.4, -0.2) is 29.4 Å². The summed E-state index contributed by atoms with van der Waals surface area (Å²) in [5, 5.41) is 8.77. The number of rotatable bonds is 2. The number of anilines is 1. The van der Waals surface area contributed by atoms with E-state index in [4.69, 9.17) is 10.00 Å². The molecule has 1 aromatic rings. The highest BCUT2D eigenvalue weighted by Crippen LogP contribution is 2.27. The monoisotopic (exact) mass is 379 g/mol. The largest absolute Gasteiger partial charge is 0.443 e. The summed E-state index contributed by atoms with van der Waals surface area (Å²) in [6, 6.07) is 2.97. The summed E-state index contributed by atoms with van der Waals surface area (Å²) in [4.78, 5) is 16.1. The maximum absolute atomic E-state index is 12.7. The predicted octanol–water partition coefficient (Wildman–Crippen LogP) is 4.02. The molecular formula is C13H13BrF3N3O2. The Bertz CT molecular complexity index is 606. The van der Waals surface area contributed by atoms with Crippen molar-refractivity contribution < 1.29 is 22.7 Å². The van der Waals surface area contributed by atoms with E-state index < -0.39 is 24.4 Å². The SMILES string of the molecule is CC(C)(C)OC(=O)N(CC(F)(F)F)c1cnc(C#N)c(Br)c1. The molecule has 0 aliphatic heterocycles. The van der Waals surface area contributed by atoms with Gasteiger partial charge in [-0.2, -0.15) is 18.4 Å². The zero-order chi connectivity index (χ0) is 17.1. The van der Waals surface area contributed by atoms with Crippen LogP contribution in [0.25, 0.3) is 0 Å². The molecule has 5 nitrogen and oxygen atoms in total. The summed E-state index contributed by atoms with van der Waals surface area (Å²) >= 11 is 3.02. The van der Waals surface area contributed by atoms with E-state index in [0.717, 1.165) is 6.20 Å². The molecule has 0 atom stereocenters. The molecule has 0 saturated carbocycles. The van der Waals surface area contributed by atoms with Gasteiger partial charge >= 0.3 is 12.3 Å². The molecule has 0 N–H and O–H groups in total. The number of hydrogen-bond acceptors (Lipinski definition) is 4. The highest BCUT2D eigenvalue weighted by Gasteiger charge is 2.36. The van der Waals surface area contributed by atoms with Crippen molar-refractivity contribution in [2.75, 3.05) is 11.4 Å². The van der Waals surface area contributed by atoms with E-state index in [0.29, 0.717) is 4.90 Å². The molecule has 1 heterocycles. The number of alkyl halides is 3. The van der Waals surface area contributed by atoms with E-state index in [2.05, 4.69) is 20.9 Å². The number of aromatic nitrogens is 1. The van der Waals surface area contributed by atoms with Gasteiger partial charge in [-0.25, -0.2) is 9.78 Å². The Morgan fingerprint density at radius 2 is 2.05 bits per heavy atom. The minimum Gasteiger partial charge on any atom is -0.443 e. The van der Waals surface area contributed by atoms with E-state index in [1.165, 1.54) is 6.07 Å². The Balaban J connectivity index is 3.18. The van der Waals surface area contributed by atoms with Crippen molar-refractivity contribution in [3.05, 3.63) is 22.4 Å². The van der Waals surface area contributed by atoms with Crippen LogP contribution >= 0.6 is 15.9 Å². The van der Waals surface area contributed by atoms with Crippen LogP contribution < -0.4 is 4.90 Å². The Labute approximate surface area is 133 Å². The molecule has 0 spiro atoms. The smallest absolute Gasteiger partial charge is 0.415 e. The molecule has 0 unspecified atom stereocenters. The standard InChI is InChI=1S/C13H13BrF3N3O2/c1-12(2,3)22-11(21)20(7-13(15,16)17)8-4-9(14)10(5-18)19-6-8/h4,6H,7H2,1-3H3. The number of nitrogens with zero attached hydrogens (tertiary/aromatic N) is 3. The zero-order valence-electron chi connectivity index (χ0n) is 12.0. The van der Waals surface area contributed by atoms with E-state index in [1.807, 2.05) is 0 Å². The first-order valence-electron chi connectivity index (χ1n) is 6.06. The minimum atomic E-state index is -4.61. The van der Waals surface area contributed by atoms with Gasteiger partial charge in [0, 0.05) is 0 Å². The first kappa shape index (κ1) is 18.2. The lowest BCUT2D eigenvalue weighted by Crippen LogP contribution is -2.42. The molecule has 0 bridgehead atoms. The Morgan fingerprint density at radius 3 is 2.45 bits per heavy atom. The van der Waals surface area contributed by atoms with Crippen LogP contribution in [0, 0.1) is 11.3 Å². The second kappa shape index (κ2) is 6.52. The lowest BCUT2D eigenvalue weighted by molar-refractivity contribution is -0.119. The molecule has 0 fully saturated rings. The van der Waals surface area contributed by atoms with Crippen LogP contribution in [-0.2, 0) is 4.74 Å². The van der Waals surface area contributed by atoms with Gasteiger partial charge in [-0.05, 0) is 42.8 Å². The molecule has 0 aliphatic carbocycles. The van der Waals surface area contributed by atoms with Gasteiger partial charge < -0.3 is 4.74 Å². The summed E-state index contributed by atoms with van der Waals surface area (Å²) in [5.74, 6) is 0. The van der Waals surface area contributed by atoms with Crippen molar-refractivity contribution in [2.24, 2.45) is 0 Å². The Kier molecular flexibility index (Phi) is 5.40. The fraction of sp³-hybridized carbons (Fsp3) is 0.462. The molecule has 9 heteroatoms. The number of pyridine rings is 1. The highest BCUT2D eigenvalue weighted by atomic mass is 79.9. The third kappa shape index (κ3) is 5.52. The van der Waals surface area contributed by atoms with Crippen molar-refractivity contribution in [1.82, 2.24) is 4.98 Å². The summed E-state index contributed by atoms with van der Waals surface area (Å²) in [6.07, 6.45) is -4.75. The zero-order valence-corrected chi connectivity index (χ0v) is 13.6. The van der Waals surface area contributed by atoms with E-state index in [9.17, 15) is 18.0 Å². The lowest BCUT2D eigenvalue weighted by atomic mass is 10.2. The van der Waals surface area contributed by atoms with Crippen molar-refractivity contribution in [3.63, 3.8) is 0 Å². The predicted molar refractivity (Wildman–Crippen MR) is 76.3 cm³/mol. The third-order valence-electron chi connectivity index (χ3n) is 2.20. The molecule has 0 aromatic carbocycles. The van der Waals surface area contributed by atoms with Gasteiger partial charge in [0.2, 0.25) is 0 Å². The summed E-state index contributed by atoms with van der Waals surface area (Å²) in [5.41, 5.74) is -1.07. The van der Waals surface area contributed by atoms with Gasteiger partial charge in [0.05, 0.1) is 16.4 Å². The molecule has 120 valence electrons. The average Bonchev–Trinajstić information content (AvgIpc) is 2.32. The van der Waals surface area contributed by atoms with Crippen LogP contribution in [0.1, 0.15) is 26.5 Å². The molecule has 0 radical (unpaired) electrons. The van der Waals surface area contributed by atoms with Crippen LogP contribution in [0.4, 0.5) is 23.7 Å². The van der Waals surface area contributed by atoms with Crippen LogP contribution in [0.2, 0.25) is 0 Å². The van der Waals surface area contributed by atoms with E-state index in [1.54, 1.807) is 26.8 Å². The van der Waals surface area contributed by atoms with Crippen LogP contribution in [0.15, 0.2) is 16.7 Å². The molecule has 22 heavy (non-hydrogen) atoms. The number of carbonyl (C=O) groups is 1. The van der Waals surface area contributed by atoms with Crippen LogP contribution in [0.5, 0.6) is 0 Å². The molecule has 1 rings (SSSR count). The fourth-order valence-corrected chi connectivity index (χ4v) is 1.84. The fourth-order valence-electron chi connectivity index (χ4n) is 1.42. The van der Waals surface area contributed by atoms with Gasteiger partial charge in [0.1, 0.15) is 18.2 Å². The van der Waals surface area contributed by atoms with Crippen molar-refractivity contribution in [3.8, 4) is 6.07 Å². The lowest BCUT2D eigenvalue weighted by Gasteiger charge is -2.28. The number of hydrogen-bond donors (Lipinski definition) is 0. The van der Waals surface area contributed by atoms with Crippen molar-refractivity contribution >= 4 is 27.7 Å². The van der Waals surface area contributed by atoms with Gasteiger partial charge in [-0.1, -0.05) is 0 Å².